The Morgan fingerprint density at radius 1 is 0.769 bits per heavy atom. The zero-order valence-corrected chi connectivity index (χ0v) is 14.0. The van der Waals surface area contributed by atoms with Crippen molar-refractivity contribution in [2.45, 2.75) is 49.2 Å². The van der Waals surface area contributed by atoms with E-state index in [0.29, 0.717) is 12.2 Å². The first-order valence-electron chi connectivity index (χ1n) is 8.79. The van der Waals surface area contributed by atoms with Gasteiger partial charge in [-0.3, -0.25) is 0 Å². The second-order valence-electron chi connectivity index (χ2n) is 6.91. The molecule has 136 valence electrons. The van der Waals surface area contributed by atoms with Gasteiger partial charge >= 0.3 is 5.97 Å². The SMILES string of the molecule is O[C@@H]1C2OC3(c4ccccc4)O[C@@H]1C(OCc1ccccc1)[C@H](O3)[C@@H]2O. The van der Waals surface area contributed by atoms with E-state index in [-0.39, 0.29) is 0 Å². The predicted molar refractivity (Wildman–Crippen MR) is 89.8 cm³/mol. The monoisotopic (exact) mass is 356 g/mol. The third-order valence-corrected chi connectivity index (χ3v) is 5.28. The van der Waals surface area contributed by atoms with E-state index in [4.69, 9.17) is 18.9 Å². The molecule has 0 radical (unpaired) electrons. The molecule has 0 aromatic heterocycles. The van der Waals surface area contributed by atoms with E-state index >= 15 is 0 Å². The van der Waals surface area contributed by atoms with Crippen LogP contribution in [0, 0.1) is 0 Å². The molecular weight excluding hydrogens is 336 g/mol. The first-order valence-corrected chi connectivity index (χ1v) is 8.79. The number of rotatable bonds is 4. The molecule has 2 N–H and O–H groups in total. The van der Waals surface area contributed by atoms with Crippen LogP contribution >= 0.6 is 0 Å². The molecule has 1 saturated carbocycles. The van der Waals surface area contributed by atoms with E-state index in [1.165, 1.54) is 0 Å². The largest absolute Gasteiger partial charge is 0.387 e. The smallest absolute Gasteiger partial charge is 0.313 e. The Morgan fingerprint density at radius 2 is 1.31 bits per heavy atom. The van der Waals surface area contributed by atoms with Gasteiger partial charge in [-0.05, 0) is 5.56 Å². The number of benzene rings is 2. The van der Waals surface area contributed by atoms with Crippen molar-refractivity contribution < 1.29 is 29.2 Å². The van der Waals surface area contributed by atoms with E-state index in [9.17, 15) is 10.2 Å². The number of hydrogen-bond donors (Lipinski definition) is 2. The highest BCUT2D eigenvalue weighted by atomic mass is 16.9. The molecule has 3 saturated heterocycles. The molecule has 3 heterocycles. The highest BCUT2D eigenvalue weighted by molar-refractivity contribution is 5.23. The first-order chi connectivity index (χ1) is 12.7. The van der Waals surface area contributed by atoms with Crippen molar-refractivity contribution in [1.29, 1.82) is 0 Å². The topological polar surface area (TPSA) is 77.4 Å². The highest BCUT2D eigenvalue weighted by Crippen LogP contribution is 2.50. The normalized spacial score (nSPS) is 40.7. The lowest BCUT2D eigenvalue weighted by molar-refractivity contribution is -0.550. The van der Waals surface area contributed by atoms with Crippen LogP contribution in [-0.2, 0) is 31.5 Å². The van der Waals surface area contributed by atoms with E-state index < -0.39 is 42.6 Å². The van der Waals surface area contributed by atoms with Gasteiger partial charge in [-0.1, -0.05) is 60.7 Å². The van der Waals surface area contributed by atoms with Gasteiger partial charge in [0.25, 0.3) is 0 Å². The van der Waals surface area contributed by atoms with Crippen LogP contribution in [0.4, 0.5) is 0 Å². The summed E-state index contributed by atoms with van der Waals surface area (Å²) < 4.78 is 23.9. The van der Waals surface area contributed by atoms with Crippen molar-refractivity contribution >= 4 is 0 Å². The molecule has 4 aliphatic rings. The summed E-state index contributed by atoms with van der Waals surface area (Å²) in [7, 11) is 0. The predicted octanol–water partition coefficient (Wildman–Crippen LogP) is 1.30. The first kappa shape index (κ1) is 16.4. The van der Waals surface area contributed by atoms with Gasteiger partial charge in [0, 0.05) is 5.56 Å². The number of aliphatic hydroxyl groups excluding tert-OH is 2. The van der Waals surface area contributed by atoms with Crippen LogP contribution in [0.15, 0.2) is 60.7 Å². The molecule has 0 spiro atoms. The van der Waals surface area contributed by atoms with E-state index in [1.807, 2.05) is 60.7 Å². The Labute approximate surface area is 150 Å². The third kappa shape index (κ3) is 2.42. The summed E-state index contributed by atoms with van der Waals surface area (Å²) in [5, 5.41) is 21.2. The fourth-order valence-electron chi connectivity index (χ4n) is 3.99. The maximum Gasteiger partial charge on any atom is 0.313 e. The average molecular weight is 356 g/mol. The van der Waals surface area contributed by atoms with Gasteiger partial charge in [0.05, 0.1) is 6.61 Å². The summed E-state index contributed by atoms with van der Waals surface area (Å²) in [5.74, 6) is -1.41. The van der Waals surface area contributed by atoms with Crippen LogP contribution in [0.25, 0.3) is 0 Å². The minimum absolute atomic E-state index is 0.342. The van der Waals surface area contributed by atoms with Crippen LogP contribution in [0.3, 0.4) is 0 Å². The molecule has 1 aliphatic carbocycles. The highest BCUT2D eigenvalue weighted by Gasteiger charge is 2.68. The Balaban J connectivity index is 1.43. The average Bonchev–Trinajstić information content (AvgIpc) is 2.69. The summed E-state index contributed by atoms with van der Waals surface area (Å²) in [6, 6.07) is 19.0. The Kier molecular flexibility index (Phi) is 3.86. The molecule has 4 fully saturated rings. The van der Waals surface area contributed by atoms with Crippen LogP contribution in [0.2, 0.25) is 0 Å². The summed E-state index contributed by atoms with van der Waals surface area (Å²) in [6.45, 7) is 0.342. The van der Waals surface area contributed by atoms with Crippen LogP contribution < -0.4 is 0 Å². The zero-order valence-electron chi connectivity index (χ0n) is 14.0. The Bertz CT molecular complexity index is 746. The molecule has 2 aromatic rings. The van der Waals surface area contributed by atoms with Crippen molar-refractivity contribution in [2.75, 3.05) is 0 Å². The van der Waals surface area contributed by atoms with Crippen LogP contribution in [0.1, 0.15) is 11.1 Å². The van der Waals surface area contributed by atoms with E-state index in [0.717, 1.165) is 5.56 Å². The minimum atomic E-state index is -1.41. The zero-order chi connectivity index (χ0) is 17.7. The maximum absolute atomic E-state index is 10.6. The fraction of sp³-hybridized carbons (Fsp3) is 0.400. The molecule has 6 rings (SSSR count). The van der Waals surface area contributed by atoms with Crippen LogP contribution in [-0.4, -0.2) is 46.8 Å². The standard InChI is InChI=1S/C20H20O6/c21-14-16-15(22)18-19(23-11-12-7-3-1-4-8-12)17(14)25-20(24-16,26-18)13-9-5-2-6-10-13/h1-10,14-19,21-22H,11H2/t14-,15-,16?,17-,18+,19?,20?/m1/s1. The molecule has 2 aromatic carbocycles. The van der Waals surface area contributed by atoms with E-state index in [2.05, 4.69) is 0 Å². The maximum atomic E-state index is 10.6. The second kappa shape index (κ2) is 6.13. The summed E-state index contributed by atoms with van der Waals surface area (Å²) in [4.78, 5) is 0. The van der Waals surface area contributed by atoms with Gasteiger partial charge < -0.3 is 29.2 Å². The minimum Gasteiger partial charge on any atom is -0.387 e. The van der Waals surface area contributed by atoms with Crippen molar-refractivity contribution in [3.63, 3.8) is 0 Å². The lowest BCUT2D eigenvalue weighted by atomic mass is 9.81. The number of aliphatic hydroxyl groups is 2. The molecule has 6 heteroatoms. The fourth-order valence-corrected chi connectivity index (χ4v) is 3.99. The van der Waals surface area contributed by atoms with Gasteiger partial charge in [0.1, 0.15) is 36.6 Å². The van der Waals surface area contributed by atoms with Crippen molar-refractivity contribution in [2.24, 2.45) is 0 Å². The van der Waals surface area contributed by atoms with Crippen molar-refractivity contribution in [1.82, 2.24) is 0 Å². The number of hydrogen-bond acceptors (Lipinski definition) is 6. The van der Waals surface area contributed by atoms with Crippen LogP contribution in [0.5, 0.6) is 0 Å². The second-order valence-corrected chi connectivity index (χ2v) is 6.91. The summed E-state index contributed by atoms with van der Waals surface area (Å²) >= 11 is 0. The third-order valence-electron chi connectivity index (χ3n) is 5.28. The van der Waals surface area contributed by atoms with Gasteiger partial charge in [0.15, 0.2) is 0 Å². The van der Waals surface area contributed by atoms with Crippen molar-refractivity contribution in [3.05, 3.63) is 71.8 Å². The molecule has 26 heavy (non-hydrogen) atoms. The lowest BCUT2D eigenvalue weighted by Gasteiger charge is -2.61. The molecule has 0 amide bonds. The Morgan fingerprint density at radius 3 is 1.92 bits per heavy atom. The molecule has 4 bridgehead atoms. The molecular formula is C20H20O6. The van der Waals surface area contributed by atoms with Crippen molar-refractivity contribution in [3.8, 4) is 0 Å². The molecule has 3 aliphatic heterocycles. The van der Waals surface area contributed by atoms with E-state index in [1.54, 1.807) is 0 Å². The van der Waals surface area contributed by atoms with Gasteiger partial charge in [-0.15, -0.1) is 0 Å². The lowest BCUT2D eigenvalue weighted by Crippen LogP contribution is -2.78. The summed E-state index contributed by atoms with van der Waals surface area (Å²) in [6.07, 6.45) is -4.60. The molecule has 7 atom stereocenters. The molecule has 6 nitrogen and oxygen atoms in total. The quantitative estimate of drug-likeness (QED) is 0.860. The Hall–Kier alpha value is -1.80. The van der Waals surface area contributed by atoms with Gasteiger partial charge in [-0.25, -0.2) is 0 Å². The molecule has 3 unspecified atom stereocenters. The van der Waals surface area contributed by atoms with Gasteiger partial charge in [-0.2, -0.15) is 0 Å². The van der Waals surface area contributed by atoms with Gasteiger partial charge in [0.2, 0.25) is 0 Å². The summed E-state index contributed by atoms with van der Waals surface area (Å²) in [5.41, 5.74) is 1.69. The number of ether oxygens (including phenoxy) is 4.